The van der Waals surface area contributed by atoms with E-state index in [1.54, 1.807) is 13.0 Å². The van der Waals surface area contributed by atoms with E-state index in [1.807, 2.05) is 37.3 Å². The molecule has 0 N–H and O–H groups in total. The number of ketones is 1. The number of carbonyl (C=O) groups is 1. The fourth-order valence-corrected chi connectivity index (χ4v) is 6.20. The summed E-state index contributed by atoms with van der Waals surface area (Å²) in [5, 5.41) is 12.7. The van der Waals surface area contributed by atoms with Gasteiger partial charge in [0.15, 0.2) is 5.78 Å². The van der Waals surface area contributed by atoms with Gasteiger partial charge in [0.2, 0.25) is 0 Å². The van der Waals surface area contributed by atoms with E-state index in [9.17, 15) is 31.5 Å². The van der Waals surface area contributed by atoms with Crippen LogP contribution in [0.5, 0.6) is 0 Å². The summed E-state index contributed by atoms with van der Waals surface area (Å²) in [5.74, 6) is -1.65. The van der Waals surface area contributed by atoms with Crippen LogP contribution in [0.3, 0.4) is 0 Å². The van der Waals surface area contributed by atoms with Crippen LogP contribution in [-0.2, 0) is 32.2 Å². The molecule has 2 atom stereocenters. The molecule has 2 heterocycles. The molecule has 0 aliphatic carbocycles. The zero-order valence-corrected chi connectivity index (χ0v) is 30.0. The number of sulfonamides is 1. The summed E-state index contributed by atoms with van der Waals surface area (Å²) in [7, 11) is -4.44. The second-order valence-electron chi connectivity index (χ2n) is 10.3. The van der Waals surface area contributed by atoms with Gasteiger partial charge in [0, 0.05) is 29.7 Å². The first-order chi connectivity index (χ1) is 19.9. The van der Waals surface area contributed by atoms with Crippen LogP contribution >= 0.6 is 0 Å². The van der Waals surface area contributed by atoms with Crippen molar-refractivity contribution in [2.75, 3.05) is 0 Å². The van der Waals surface area contributed by atoms with Gasteiger partial charge in [0.25, 0.3) is 0 Å². The van der Waals surface area contributed by atoms with Crippen LogP contribution in [0, 0.1) is 0 Å². The average Bonchev–Trinajstić information content (AvgIpc) is 2.94. The van der Waals surface area contributed by atoms with Gasteiger partial charge in [-0.2, -0.15) is 13.2 Å². The van der Waals surface area contributed by atoms with E-state index in [-0.39, 0.29) is 82.6 Å². The monoisotopic (exact) mass is 646 g/mol. The van der Waals surface area contributed by atoms with Gasteiger partial charge >= 0.3 is 65.3 Å². The number of alkyl halides is 3. The molecular formula is C31H31F3N2Na2O5S. The fourth-order valence-electron chi connectivity index (χ4n) is 5.29. The van der Waals surface area contributed by atoms with Gasteiger partial charge in [0.1, 0.15) is 15.0 Å². The Morgan fingerprint density at radius 3 is 2.30 bits per heavy atom. The number of Topliss-reactive ketones (excluding diaryl/α,β-unsaturated/α-hetero) is 1. The molecule has 0 unspecified atom stereocenters. The molecular weight excluding hydrogens is 615 g/mol. The Labute approximate surface area is 300 Å². The van der Waals surface area contributed by atoms with Crippen molar-refractivity contribution in [2.24, 2.45) is 0 Å². The molecule has 2 aromatic carbocycles. The molecule has 1 aromatic heterocycles. The van der Waals surface area contributed by atoms with Crippen LogP contribution in [0.1, 0.15) is 68.6 Å². The fraction of sp³-hybridized carbons (Fsp3) is 0.355. The molecule has 44 heavy (non-hydrogen) atoms. The standard InChI is InChI=1S/C31H32F3N2O5S.2Na/c1-3-16-30(17-15-21-9-6-5-7-10-21)19-26(37)28(29(38)41-30)25(4-2)22-11-8-12-24(18-22)36-42(39,40)27-14-13-23(20-35-27)31(32,33)34;;/h5-14,18,20,25H,3-4,15-17,19H2,1-2H3,(H,37,38);;/q-1;2*+1/p-1/t25-,30-;;/m1../s1. The van der Waals surface area contributed by atoms with Gasteiger partial charge in [-0.05, 0) is 48.9 Å². The topological polar surface area (TPSA) is 110 Å². The Morgan fingerprint density at radius 1 is 1.02 bits per heavy atom. The molecule has 0 saturated carbocycles. The van der Waals surface area contributed by atoms with Crippen LogP contribution in [0.15, 0.2) is 89.5 Å². The molecule has 7 nitrogen and oxygen atoms in total. The van der Waals surface area contributed by atoms with Crippen molar-refractivity contribution in [3.8, 4) is 0 Å². The van der Waals surface area contributed by atoms with Gasteiger partial charge < -0.3 is 14.6 Å². The minimum Gasteiger partial charge on any atom is -0.606 e. The number of allylic oxidation sites excluding steroid dienone is 1. The van der Waals surface area contributed by atoms with Crippen LogP contribution < -0.4 is 64.2 Å². The average molecular weight is 647 g/mol. The summed E-state index contributed by atoms with van der Waals surface area (Å²) >= 11 is 0. The summed E-state index contributed by atoms with van der Waals surface area (Å²) in [4.78, 5) is 17.0. The number of carbonyl (C=O) groups excluding carboxylic acids is 1. The quantitative estimate of drug-likeness (QED) is 0.284. The maximum absolute atomic E-state index is 13.5. The Hall–Kier alpha value is -1.86. The maximum atomic E-state index is 13.5. The summed E-state index contributed by atoms with van der Waals surface area (Å²) in [6, 6.07) is 17.2. The van der Waals surface area contributed by atoms with Gasteiger partial charge in [0.05, 0.1) is 11.5 Å². The zero-order chi connectivity index (χ0) is 30.5. The van der Waals surface area contributed by atoms with Crippen molar-refractivity contribution in [3.05, 3.63) is 106 Å². The predicted octanol–water partition coefficient (Wildman–Crippen LogP) is 0.729. The third-order valence-electron chi connectivity index (χ3n) is 7.31. The van der Waals surface area contributed by atoms with Crippen LogP contribution in [0.4, 0.5) is 18.9 Å². The molecule has 1 aliphatic heterocycles. The van der Waals surface area contributed by atoms with Gasteiger partial charge in [-0.15, -0.1) is 5.69 Å². The number of benzene rings is 2. The second kappa shape index (κ2) is 16.1. The van der Waals surface area contributed by atoms with E-state index in [1.165, 1.54) is 18.2 Å². The van der Waals surface area contributed by atoms with Crippen molar-refractivity contribution in [1.82, 2.24) is 4.98 Å². The zero-order valence-electron chi connectivity index (χ0n) is 25.2. The third kappa shape index (κ3) is 9.34. The number of hydrogen-bond acceptors (Lipinski definition) is 6. The first-order valence-corrected chi connectivity index (χ1v) is 15.1. The van der Waals surface area contributed by atoms with Crippen molar-refractivity contribution < 1.29 is 95.3 Å². The van der Waals surface area contributed by atoms with Crippen LogP contribution in [0.25, 0.3) is 4.72 Å². The van der Waals surface area contributed by atoms with E-state index in [2.05, 4.69) is 9.71 Å². The first-order valence-electron chi connectivity index (χ1n) is 13.7. The number of nitrogens with zero attached hydrogens (tertiary/aromatic N) is 2. The SMILES string of the molecule is CCC[C@@]1(CCc2ccccc2)CC(=O)C([C@H](CC)c2cccc([N-]S(=O)(=O)c3ccc(C(F)(F)F)cn3)c2)=C([O-])O1.[Na+].[Na+]. The van der Waals surface area contributed by atoms with Crippen molar-refractivity contribution >= 4 is 21.5 Å². The van der Waals surface area contributed by atoms with Crippen molar-refractivity contribution in [2.45, 2.75) is 75.1 Å². The van der Waals surface area contributed by atoms with Gasteiger partial charge in [-0.25, -0.2) is 13.4 Å². The number of ether oxygens (including phenoxy) is 1. The smallest absolute Gasteiger partial charge is 0.606 e. The first kappa shape index (κ1) is 38.3. The van der Waals surface area contributed by atoms with Gasteiger partial charge in [-0.3, -0.25) is 4.79 Å². The minimum absolute atomic E-state index is 0. The number of aryl methyl sites for hydroxylation is 1. The van der Waals surface area contributed by atoms with E-state index < -0.39 is 44.3 Å². The largest absolute Gasteiger partial charge is 1.00 e. The molecule has 0 spiro atoms. The number of aromatic nitrogens is 1. The molecule has 0 fully saturated rings. The molecule has 13 heteroatoms. The summed E-state index contributed by atoms with van der Waals surface area (Å²) in [6.45, 7) is 3.77. The number of hydrogen-bond donors (Lipinski definition) is 0. The second-order valence-corrected chi connectivity index (χ2v) is 11.9. The predicted molar refractivity (Wildman–Crippen MR) is 149 cm³/mol. The Bertz CT molecular complexity index is 1550. The van der Waals surface area contributed by atoms with E-state index >= 15 is 0 Å². The molecule has 0 radical (unpaired) electrons. The molecule has 0 bridgehead atoms. The molecule has 0 saturated heterocycles. The third-order valence-corrected chi connectivity index (χ3v) is 8.53. The molecule has 224 valence electrons. The molecule has 1 aliphatic rings. The van der Waals surface area contributed by atoms with Crippen molar-refractivity contribution in [1.29, 1.82) is 0 Å². The maximum Gasteiger partial charge on any atom is 1.00 e. The normalized spacial score (nSPS) is 17.6. The van der Waals surface area contributed by atoms with Crippen LogP contribution in [0.2, 0.25) is 0 Å². The van der Waals surface area contributed by atoms with E-state index in [0.717, 1.165) is 18.1 Å². The summed E-state index contributed by atoms with van der Waals surface area (Å²) in [6.07, 6.45) is -1.37. The summed E-state index contributed by atoms with van der Waals surface area (Å²) in [5.41, 5.74) is -0.429. The Morgan fingerprint density at radius 2 is 1.73 bits per heavy atom. The van der Waals surface area contributed by atoms with Gasteiger partial charge in [-0.1, -0.05) is 74.9 Å². The summed E-state index contributed by atoms with van der Waals surface area (Å²) < 4.78 is 73.8. The number of halogens is 3. The minimum atomic E-state index is -4.66. The number of rotatable bonds is 11. The number of pyridine rings is 1. The van der Waals surface area contributed by atoms with Crippen molar-refractivity contribution in [3.63, 3.8) is 0 Å². The molecule has 3 aromatic rings. The molecule has 0 amide bonds. The van der Waals surface area contributed by atoms with Crippen LogP contribution in [-0.4, -0.2) is 24.8 Å². The van der Waals surface area contributed by atoms with E-state index in [0.29, 0.717) is 43.5 Å². The molecule has 4 rings (SSSR count). The Balaban J connectivity index is 0.00000337. The van der Waals surface area contributed by atoms with E-state index in [4.69, 9.17) is 4.74 Å². The Kier molecular flexibility index (Phi) is 14.0.